The van der Waals surface area contributed by atoms with Crippen molar-refractivity contribution in [3.05, 3.63) is 64.3 Å². The maximum atomic E-state index is 12.7. The average molecular weight is 433 g/mol. The molecule has 0 unspecified atom stereocenters. The second-order valence-electron chi connectivity index (χ2n) is 7.97. The van der Waals surface area contributed by atoms with Crippen LogP contribution in [-0.2, 0) is 4.79 Å². The van der Waals surface area contributed by atoms with Gasteiger partial charge >= 0.3 is 0 Å². The maximum Gasteiger partial charge on any atom is 0.226 e. The van der Waals surface area contributed by atoms with Crippen LogP contribution < -0.4 is 10.1 Å². The molecule has 158 valence electrons. The highest BCUT2D eigenvalue weighted by molar-refractivity contribution is 7.20. The Balaban J connectivity index is 1.62. The number of fused-ring (bicyclic) bond motifs is 2. The Bertz CT molecular complexity index is 1320. The minimum Gasteiger partial charge on any atom is -0.494 e. The van der Waals surface area contributed by atoms with Gasteiger partial charge in [-0.2, -0.15) is 9.78 Å². The zero-order valence-corrected chi connectivity index (χ0v) is 18.8. The first-order valence-corrected chi connectivity index (χ1v) is 11.3. The molecule has 0 radical (unpaired) electrons. The van der Waals surface area contributed by atoms with Gasteiger partial charge in [0.15, 0.2) is 0 Å². The number of anilines is 1. The lowest BCUT2D eigenvalue weighted by Crippen LogP contribution is -2.25. The highest BCUT2D eigenvalue weighted by Gasteiger charge is 2.33. The Morgan fingerprint density at radius 1 is 1.16 bits per heavy atom. The molecule has 5 rings (SSSR count). The Labute approximate surface area is 184 Å². The van der Waals surface area contributed by atoms with E-state index in [1.807, 2.05) is 32.0 Å². The third kappa shape index (κ3) is 3.39. The van der Waals surface area contributed by atoms with E-state index in [1.165, 1.54) is 22.5 Å². The lowest BCUT2D eigenvalue weighted by molar-refractivity contribution is -0.116. The van der Waals surface area contributed by atoms with E-state index in [9.17, 15) is 4.79 Å². The average Bonchev–Trinajstić information content (AvgIpc) is 3.30. The first-order valence-electron chi connectivity index (χ1n) is 10.4. The quantitative estimate of drug-likeness (QED) is 0.476. The summed E-state index contributed by atoms with van der Waals surface area (Å²) >= 11 is 1.54. The van der Waals surface area contributed by atoms with Crippen molar-refractivity contribution in [2.75, 3.05) is 11.9 Å². The summed E-state index contributed by atoms with van der Waals surface area (Å²) in [5, 5.41) is 8.57. The van der Waals surface area contributed by atoms with Crippen molar-refractivity contribution in [3.63, 3.8) is 0 Å². The standard InChI is InChI=1S/C24H24N4O2S/c1-5-30-17-8-9-19-20(11-17)31-24(25-19)28-23-22(15(4)27-28)18(12-21(29)26-23)16-7-6-13(2)14(3)10-16/h6-11,18H,5,12H2,1-4H3,(H,26,29)/t18-/m0/s1. The molecule has 1 amide bonds. The molecule has 0 spiro atoms. The van der Waals surface area contributed by atoms with Gasteiger partial charge in [-0.1, -0.05) is 29.5 Å². The van der Waals surface area contributed by atoms with Crippen molar-refractivity contribution in [3.8, 4) is 10.9 Å². The molecule has 0 fully saturated rings. The summed E-state index contributed by atoms with van der Waals surface area (Å²) in [5.74, 6) is 1.53. The summed E-state index contributed by atoms with van der Waals surface area (Å²) in [5.41, 5.74) is 6.49. The molecule has 4 aromatic rings. The van der Waals surface area contributed by atoms with Crippen molar-refractivity contribution >= 4 is 33.3 Å². The van der Waals surface area contributed by atoms with Crippen LogP contribution in [0.1, 0.15) is 47.2 Å². The molecule has 0 saturated heterocycles. The van der Waals surface area contributed by atoms with Crippen molar-refractivity contribution in [1.82, 2.24) is 14.8 Å². The zero-order valence-electron chi connectivity index (χ0n) is 18.0. The van der Waals surface area contributed by atoms with Crippen LogP contribution in [0.4, 0.5) is 5.82 Å². The number of thiazole rings is 1. The number of carbonyl (C=O) groups is 1. The molecule has 3 heterocycles. The van der Waals surface area contributed by atoms with Gasteiger partial charge in [-0.3, -0.25) is 4.79 Å². The second kappa shape index (κ2) is 7.50. The summed E-state index contributed by atoms with van der Waals surface area (Å²) in [6.45, 7) is 8.80. The predicted octanol–water partition coefficient (Wildman–Crippen LogP) is 5.28. The molecule has 1 atom stereocenters. The van der Waals surface area contributed by atoms with E-state index in [0.29, 0.717) is 13.0 Å². The fourth-order valence-electron chi connectivity index (χ4n) is 4.19. The third-order valence-corrected chi connectivity index (χ3v) is 6.87. The molecule has 1 N–H and O–H groups in total. The largest absolute Gasteiger partial charge is 0.494 e. The predicted molar refractivity (Wildman–Crippen MR) is 124 cm³/mol. The maximum absolute atomic E-state index is 12.7. The summed E-state index contributed by atoms with van der Waals surface area (Å²) < 4.78 is 8.42. The van der Waals surface area contributed by atoms with Crippen LogP contribution in [0.3, 0.4) is 0 Å². The minimum absolute atomic E-state index is 0.00313. The molecule has 1 aliphatic heterocycles. The third-order valence-electron chi connectivity index (χ3n) is 5.88. The molecule has 2 aromatic carbocycles. The number of nitrogens with one attached hydrogen (secondary N) is 1. The number of nitrogens with zero attached hydrogens (tertiary/aromatic N) is 3. The van der Waals surface area contributed by atoms with Gasteiger partial charge in [0.1, 0.15) is 11.6 Å². The number of rotatable bonds is 4. The van der Waals surface area contributed by atoms with E-state index < -0.39 is 0 Å². The number of hydrogen-bond acceptors (Lipinski definition) is 5. The zero-order chi connectivity index (χ0) is 21.7. The SMILES string of the molecule is CCOc1ccc2nc(-n3nc(C)c4c3NC(=O)C[C@H]4c3ccc(C)c(C)c3)sc2c1. The first-order chi connectivity index (χ1) is 14.9. The lowest BCUT2D eigenvalue weighted by Gasteiger charge is -2.24. The van der Waals surface area contributed by atoms with E-state index in [1.54, 1.807) is 4.68 Å². The number of ether oxygens (including phenoxy) is 1. The van der Waals surface area contributed by atoms with E-state index in [-0.39, 0.29) is 11.8 Å². The van der Waals surface area contributed by atoms with Crippen LogP contribution in [-0.4, -0.2) is 27.3 Å². The van der Waals surface area contributed by atoms with Crippen LogP contribution in [0.15, 0.2) is 36.4 Å². The molecular weight excluding hydrogens is 408 g/mol. The minimum atomic E-state index is -0.0178. The summed E-state index contributed by atoms with van der Waals surface area (Å²) in [4.78, 5) is 17.4. The normalized spacial score (nSPS) is 15.7. The molecule has 7 heteroatoms. The van der Waals surface area contributed by atoms with E-state index in [0.717, 1.165) is 43.7 Å². The van der Waals surface area contributed by atoms with Crippen LogP contribution in [0.2, 0.25) is 0 Å². The van der Waals surface area contributed by atoms with Gasteiger partial charge in [-0.25, -0.2) is 4.98 Å². The molecule has 0 bridgehead atoms. The molecule has 31 heavy (non-hydrogen) atoms. The number of hydrogen-bond donors (Lipinski definition) is 1. The van der Waals surface area contributed by atoms with E-state index in [4.69, 9.17) is 14.8 Å². The van der Waals surface area contributed by atoms with Crippen molar-refractivity contribution in [1.29, 1.82) is 0 Å². The molecule has 2 aromatic heterocycles. The topological polar surface area (TPSA) is 69.0 Å². The van der Waals surface area contributed by atoms with Crippen LogP contribution >= 0.6 is 11.3 Å². The van der Waals surface area contributed by atoms with Gasteiger partial charge in [-0.05, 0) is 62.6 Å². The Morgan fingerprint density at radius 3 is 2.77 bits per heavy atom. The number of benzene rings is 2. The van der Waals surface area contributed by atoms with Gasteiger partial charge in [0.05, 0.1) is 22.5 Å². The van der Waals surface area contributed by atoms with Crippen molar-refractivity contribution < 1.29 is 9.53 Å². The summed E-state index contributed by atoms with van der Waals surface area (Å²) in [6.07, 6.45) is 0.416. The van der Waals surface area contributed by atoms with E-state index in [2.05, 4.69) is 37.4 Å². The molecule has 1 aliphatic rings. The molecule has 6 nitrogen and oxygen atoms in total. The Morgan fingerprint density at radius 2 is 2.00 bits per heavy atom. The summed E-state index contributed by atoms with van der Waals surface area (Å²) in [6, 6.07) is 12.3. The number of aromatic nitrogens is 3. The van der Waals surface area contributed by atoms with Crippen LogP contribution in [0, 0.1) is 20.8 Å². The van der Waals surface area contributed by atoms with Crippen LogP contribution in [0.25, 0.3) is 15.3 Å². The Kier molecular flexibility index (Phi) is 4.78. The van der Waals surface area contributed by atoms with Gasteiger partial charge in [0.25, 0.3) is 0 Å². The molecular formula is C24H24N4O2S. The van der Waals surface area contributed by atoms with Gasteiger partial charge in [0.2, 0.25) is 11.0 Å². The van der Waals surface area contributed by atoms with E-state index >= 15 is 0 Å². The lowest BCUT2D eigenvalue weighted by atomic mass is 9.84. The van der Waals surface area contributed by atoms with Crippen LogP contribution in [0.5, 0.6) is 5.75 Å². The molecule has 0 aliphatic carbocycles. The van der Waals surface area contributed by atoms with Crippen molar-refractivity contribution in [2.45, 2.75) is 40.0 Å². The first kappa shape index (κ1) is 19.8. The number of amides is 1. The Hall–Kier alpha value is -3.19. The van der Waals surface area contributed by atoms with Gasteiger partial charge < -0.3 is 10.1 Å². The number of aryl methyl sites for hydroxylation is 3. The highest BCUT2D eigenvalue weighted by Crippen LogP contribution is 2.41. The smallest absolute Gasteiger partial charge is 0.226 e. The van der Waals surface area contributed by atoms with Gasteiger partial charge in [0, 0.05) is 17.9 Å². The monoisotopic (exact) mass is 432 g/mol. The summed E-state index contributed by atoms with van der Waals surface area (Å²) in [7, 11) is 0. The molecule has 0 saturated carbocycles. The second-order valence-corrected chi connectivity index (χ2v) is 8.98. The number of carbonyl (C=O) groups excluding carboxylic acids is 1. The fourth-order valence-corrected chi connectivity index (χ4v) is 5.14. The van der Waals surface area contributed by atoms with Gasteiger partial charge in [-0.15, -0.1) is 0 Å². The highest BCUT2D eigenvalue weighted by atomic mass is 32.1. The van der Waals surface area contributed by atoms with Crippen molar-refractivity contribution in [2.24, 2.45) is 0 Å². The fraction of sp³-hybridized carbons (Fsp3) is 0.292.